The molecule has 0 atom stereocenters. The number of hydrogen-bond donors (Lipinski definition) is 1. The highest BCUT2D eigenvalue weighted by atomic mass is 32.2. The van der Waals surface area contributed by atoms with Gasteiger partial charge in [0.25, 0.3) is 0 Å². The van der Waals surface area contributed by atoms with Crippen molar-refractivity contribution in [3.63, 3.8) is 0 Å². The van der Waals surface area contributed by atoms with E-state index in [1.54, 1.807) is 4.68 Å². The number of aromatic nitrogens is 5. The molecule has 3 rings (SSSR count). The lowest BCUT2D eigenvalue weighted by molar-refractivity contribution is -0.114. The number of carbonyl (C=O) groups excluding carboxylic acids is 1. The van der Waals surface area contributed by atoms with Gasteiger partial charge in [0.2, 0.25) is 11.1 Å². The van der Waals surface area contributed by atoms with Crippen LogP contribution in [0.2, 0.25) is 0 Å². The monoisotopic (exact) mass is 388 g/mol. The van der Waals surface area contributed by atoms with Crippen LogP contribution in [0.5, 0.6) is 0 Å². The number of nitrogens with one attached hydrogen (secondary N) is 1. The Bertz CT molecular complexity index is 858. The van der Waals surface area contributed by atoms with Gasteiger partial charge in [0, 0.05) is 18.1 Å². The maximum Gasteiger partial charge on any atom is 0.223 e. The van der Waals surface area contributed by atoms with E-state index in [4.69, 9.17) is 0 Å². The molecule has 0 aliphatic carbocycles. The number of benzene rings is 1. The van der Waals surface area contributed by atoms with Crippen LogP contribution in [0.1, 0.15) is 37.9 Å². The number of aryl methyl sites for hydroxylation is 1. The van der Waals surface area contributed by atoms with E-state index in [1.165, 1.54) is 48.4 Å². The summed E-state index contributed by atoms with van der Waals surface area (Å²) < 4.78 is 1.73. The molecule has 0 unspecified atom stereocenters. The lowest BCUT2D eigenvalue weighted by Gasteiger charge is -2.05. The van der Waals surface area contributed by atoms with Crippen LogP contribution >= 0.6 is 23.1 Å². The number of tetrazole rings is 1. The Morgan fingerprint density at radius 3 is 2.85 bits per heavy atom. The molecule has 26 heavy (non-hydrogen) atoms. The van der Waals surface area contributed by atoms with Gasteiger partial charge in [0.1, 0.15) is 0 Å². The third kappa shape index (κ3) is 4.89. The van der Waals surface area contributed by atoms with Crippen molar-refractivity contribution in [2.75, 3.05) is 5.32 Å². The first-order valence-corrected chi connectivity index (χ1v) is 10.2. The molecular formula is C17H20N6OS2. The third-order valence-electron chi connectivity index (χ3n) is 3.62. The van der Waals surface area contributed by atoms with Gasteiger partial charge in [0.15, 0.2) is 5.13 Å². The predicted molar refractivity (Wildman–Crippen MR) is 104 cm³/mol. The maximum absolute atomic E-state index is 11.1. The number of amides is 1. The molecule has 0 aliphatic rings. The molecule has 9 heteroatoms. The molecule has 0 bridgehead atoms. The summed E-state index contributed by atoms with van der Waals surface area (Å²) in [7, 11) is 0. The summed E-state index contributed by atoms with van der Waals surface area (Å²) in [5.41, 5.74) is 3.15. The second kappa shape index (κ2) is 8.91. The van der Waals surface area contributed by atoms with Gasteiger partial charge < -0.3 is 5.32 Å². The summed E-state index contributed by atoms with van der Waals surface area (Å²) in [6.07, 6.45) is 3.48. The van der Waals surface area contributed by atoms with Crippen LogP contribution in [-0.4, -0.2) is 31.1 Å². The number of thiazole rings is 1. The smallest absolute Gasteiger partial charge is 0.223 e. The van der Waals surface area contributed by atoms with Gasteiger partial charge in [-0.25, -0.2) is 4.98 Å². The number of rotatable bonds is 8. The standard InChI is InChI=1S/C17H20N6OS2/c1-3-4-5-13-6-8-15(9-7-13)23-17(20-21-22-23)26-11-14-10-25-16(19-14)18-12(2)24/h6-10H,3-5,11H2,1-2H3,(H,18,19,24). The molecule has 1 amide bonds. The van der Waals surface area contributed by atoms with E-state index < -0.39 is 0 Å². The molecule has 1 N–H and O–H groups in total. The van der Waals surface area contributed by atoms with Gasteiger partial charge in [-0.05, 0) is 41.0 Å². The van der Waals surface area contributed by atoms with Crippen molar-refractivity contribution < 1.29 is 4.79 Å². The average molecular weight is 389 g/mol. The Kier molecular flexibility index (Phi) is 6.35. The third-order valence-corrected chi connectivity index (χ3v) is 5.38. The topological polar surface area (TPSA) is 85.6 Å². The van der Waals surface area contributed by atoms with Crippen LogP contribution in [0.15, 0.2) is 34.8 Å². The first-order chi connectivity index (χ1) is 12.7. The molecule has 0 saturated carbocycles. The normalized spacial score (nSPS) is 10.8. The quantitative estimate of drug-likeness (QED) is 0.592. The second-order valence-corrected chi connectivity index (χ2v) is 7.56. The highest BCUT2D eigenvalue weighted by molar-refractivity contribution is 7.98. The molecule has 2 aromatic heterocycles. The molecule has 0 fully saturated rings. The molecule has 0 radical (unpaired) electrons. The predicted octanol–water partition coefficient (Wildman–Crippen LogP) is 3.71. The van der Waals surface area contributed by atoms with Crippen molar-refractivity contribution in [2.45, 2.75) is 44.0 Å². The summed E-state index contributed by atoms with van der Waals surface area (Å²) in [6, 6.07) is 8.34. The maximum atomic E-state index is 11.1. The fourth-order valence-electron chi connectivity index (χ4n) is 2.34. The lowest BCUT2D eigenvalue weighted by atomic mass is 10.1. The summed E-state index contributed by atoms with van der Waals surface area (Å²) in [5, 5.41) is 17.9. The summed E-state index contributed by atoms with van der Waals surface area (Å²) in [6.45, 7) is 3.66. The summed E-state index contributed by atoms with van der Waals surface area (Å²) in [5.74, 6) is 0.510. The second-order valence-electron chi connectivity index (χ2n) is 5.76. The first-order valence-electron chi connectivity index (χ1n) is 8.38. The van der Waals surface area contributed by atoms with Crippen LogP contribution < -0.4 is 5.32 Å². The van der Waals surface area contributed by atoms with Crippen LogP contribution in [-0.2, 0) is 17.0 Å². The van der Waals surface area contributed by atoms with Gasteiger partial charge in [-0.3, -0.25) is 4.79 Å². The van der Waals surface area contributed by atoms with Crippen molar-refractivity contribution in [1.29, 1.82) is 0 Å². The van der Waals surface area contributed by atoms with Gasteiger partial charge in [-0.15, -0.1) is 16.4 Å². The van der Waals surface area contributed by atoms with Crippen LogP contribution in [0.3, 0.4) is 0 Å². The van der Waals surface area contributed by atoms with Gasteiger partial charge in [0.05, 0.1) is 11.4 Å². The Balaban J connectivity index is 1.65. The Morgan fingerprint density at radius 2 is 2.12 bits per heavy atom. The molecule has 3 aromatic rings. The largest absolute Gasteiger partial charge is 0.302 e. The molecule has 0 spiro atoms. The molecule has 7 nitrogen and oxygen atoms in total. The zero-order chi connectivity index (χ0) is 18.4. The number of hydrogen-bond acceptors (Lipinski definition) is 7. The average Bonchev–Trinajstić information content (AvgIpc) is 3.27. The Labute approximate surface area is 160 Å². The molecule has 0 saturated heterocycles. The number of unbranched alkanes of at least 4 members (excludes halogenated alkanes) is 1. The van der Waals surface area contributed by atoms with E-state index in [2.05, 4.69) is 44.9 Å². The molecule has 2 heterocycles. The van der Waals surface area contributed by atoms with Crippen molar-refractivity contribution in [3.8, 4) is 5.69 Å². The molecular weight excluding hydrogens is 368 g/mol. The van der Waals surface area contributed by atoms with E-state index in [0.717, 1.165) is 17.8 Å². The molecule has 0 aliphatic heterocycles. The van der Waals surface area contributed by atoms with Gasteiger partial charge in [-0.1, -0.05) is 37.2 Å². The molecule has 1 aromatic carbocycles. The van der Waals surface area contributed by atoms with Crippen molar-refractivity contribution in [3.05, 3.63) is 40.9 Å². The zero-order valence-corrected chi connectivity index (χ0v) is 16.3. The fourth-order valence-corrected chi connectivity index (χ4v) is 3.98. The van der Waals surface area contributed by atoms with Crippen LogP contribution in [0.25, 0.3) is 5.69 Å². The van der Waals surface area contributed by atoms with Crippen molar-refractivity contribution in [1.82, 2.24) is 25.2 Å². The minimum Gasteiger partial charge on any atom is -0.302 e. The van der Waals surface area contributed by atoms with Crippen molar-refractivity contribution >= 4 is 34.1 Å². The lowest BCUT2D eigenvalue weighted by Crippen LogP contribution is -2.05. The SMILES string of the molecule is CCCCc1ccc(-n2nnnc2SCc2csc(NC(C)=O)n2)cc1. The number of carbonyl (C=O) groups is 1. The Morgan fingerprint density at radius 1 is 1.31 bits per heavy atom. The van der Waals surface area contributed by atoms with Crippen molar-refractivity contribution in [2.24, 2.45) is 0 Å². The minimum absolute atomic E-state index is 0.120. The summed E-state index contributed by atoms with van der Waals surface area (Å²) >= 11 is 2.92. The van der Waals surface area contributed by atoms with Crippen LogP contribution in [0.4, 0.5) is 5.13 Å². The van der Waals surface area contributed by atoms with E-state index in [0.29, 0.717) is 16.0 Å². The zero-order valence-electron chi connectivity index (χ0n) is 14.7. The van der Waals surface area contributed by atoms with Gasteiger partial charge in [-0.2, -0.15) is 4.68 Å². The van der Waals surface area contributed by atoms with E-state index in [1.807, 2.05) is 17.5 Å². The van der Waals surface area contributed by atoms with Gasteiger partial charge >= 0.3 is 0 Å². The van der Waals surface area contributed by atoms with E-state index >= 15 is 0 Å². The Hall–Kier alpha value is -2.26. The highest BCUT2D eigenvalue weighted by Crippen LogP contribution is 2.25. The number of thioether (sulfide) groups is 1. The first kappa shape index (κ1) is 18.5. The fraction of sp³-hybridized carbons (Fsp3) is 0.353. The minimum atomic E-state index is -0.120. The number of nitrogens with zero attached hydrogens (tertiary/aromatic N) is 5. The van der Waals surface area contributed by atoms with E-state index in [-0.39, 0.29) is 5.91 Å². The van der Waals surface area contributed by atoms with E-state index in [9.17, 15) is 4.79 Å². The van der Waals surface area contributed by atoms with Crippen LogP contribution in [0, 0.1) is 0 Å². The number of anilines is 1. The summed E-state index contributed by atoms with van der Waals surface area (Å²) in [4.78, 5) is 15.5. The highest BCUT2D eigenvalue weighted by Gasteiger charge is 2.11. The molecule has 136 valence electrons.